The predicted octanol–water partition coefficient (Wildman–Crippen LogP) is 4.04. The SMILES string of the molecule is Cc1cc(F)cc(-c2cncc(C(=O)NC(C3CC3)C3CC3)c2N2CC[C@](C)(N)C2)c1. The van der Waals surface area contributed by atoms with Crippen LogP contribution in [0.25, 0.3) is 11.1 Å². The first-order valence-corrected chi connectivity index (χ1v) is 11.4. The lowest BCUT2D eigenvalue weighted by molar-refractivity contribution is 0.0926. The zero-order valence-electron chi connectivity index (χ0n) is 18.3. The number of benzene rings is 1. The molecule has 2 heterocycles. The third-order valence-electron chi connectivity index (χ3n) is 6.89. The molecule has 0 radical (unpaired) electrons. The molecule has 3 aliphatic rings. The second-order valence-corrected chi connectivity index (χ2v) is 10.1. The van der Waals surface area contributed by atoms with Crippen LogP contribution in [-0.2, 0) is 0 Å². The molecule has 1 aliphatic heterocycles. The van der Waals surface area contributed by atoms with Gasteiger partial charge in [-0.2, -0.15) is 0 Å². The number of nitrogens with zero attached hydrogens (tertiary/aromatic N) is 2. The summed E-state index contributed by atoms with van der Waals surface area (Å²) in [5.74, 6) is 0.859. The molecule has 3 fully saturated rings. The Labute approximate surface area is 183 Å². The number of hydrogen-bond donors (Lipinski definition) is 2. The smallest absolute Gasteiger partial charge is 0.255 e. The van der Waals surface area contributed by atoms with Gasteiger partial charge < -0.3 is 16.0 Å². The molecule has 1 saturated heterocycles. The van der Waals surface area contributed by atoms with Crippen LogP contribution < -0.4 is 16.0 Å². The Bertz CT molecular complexity index is 980. The van der Waals surface area contributed by atoms with E-state index in [2.05, 4.69) is 15.2 Å². The fourth-order valence-electron chi connectivity index (χ4n) is 5.00. The van der Waals surface area contributed by atoms with Crippen molar-refractivity contribution in [2.24, 2.45) is 17.6 Å². The van der Waals surface area contributed by atoms with E-state index in [1.54, 1.807) is 12.4 Å². The van der Waals surface area contributed by atoms with Crippen molar-refractivity contribution in [1.29, 1.82) is 0 Å². The summed E-state index contributed by atoms with van der Waals surface area (Å²) in [6.07, 6.45) is 9.04. The molecule has 0 unspecified atom stereocenters. The molecule has 1 aromatic heterocycles. The number of amides is 1. The van der Waals surface area contributed by atoms with Gasteiger partial charge in [-0.15, -0.1) is 0 Å². The summed E-state index contributed by atoms with van der Waals surface area (Å²) in [5.41, 5.74) is 9.83. The Morgan fingerprint density at radius 1 is 1.23 bits per heavy atom. The molecule has 5 nitrogen and oxygen atoms in total. The number of nitrogens with two attached hydrogens (primary N) is 1. The monoisotopic (exact) mass is 422 g/mol. The van der Waals surface area contributed by atoms with Gasteiger partial charge in [-0.1, -0.05) is 6.07 Å². The van der Waals surface area contributed by atoms with Gasteiger partial charge in [0.1, 0.15) is 5.82 Å². The van der Waals surface area contributed by atoms with E-state index < -0.39 is 0 Å². The maximum atomic E-state index is 14.2. The molecule has 1 aromatic carbocycles. The fraction of sp³-hybridized carbons (Fsp3) is 0.520. The van der Waals surface area contributed by atoms with E-state index in [9.17, 15) is 9.18 Å². The van der Waals surface area contributed by atoms with E-state index in [1.165, 1.54) is 37.8 Å². The Kier molecular flexibility index (Phi) is 5.00. The normalized spacial score (nSPS) is 23.5. The number of aromatic nitrogens is 1. The zero-order chi connectivity index (χ0) is 21.8. The van der Waals surface area contributed by atoms with E-state index in [-0.39, 0.29) is 23.3 Å². The summed E-state index contributed by atoms with van der Waals surface area (Å²) in [7, 11) is 0. The highest BCUT2D eigenvalue weighted by molar-refractivity contribution is 6.03. The van der Waals surface area contributed by atoms with Crippen molar-refractivity contribution in [1.82, 2.24) is 10.3 Å². The second-order valence-electron chi connectivity index (χ2n) is 10.1. The molecule has 2 aliphatic carbocycles. The molecule has 1 atom stereocenters. The van der Waals surface area contributed by atoms with Crippen LogP contribution in [0, 0.1) is 24.6 Å². The van der Waals surface area contributed by atoms with Crippen LogP contribution >= 0.6 is 0 Å². The van der Waals surface area contributed by atoms with Crippen LogP contribution in [0.5, 0.6) is 0 Å². The number of halogens is 1. The molecular formula is C25H31FN4O. The van der Waals surface area contributed by atoms with Crippen molar-refractivity contribution in [3.05, 3.63) is 47.5 Å². The first kappa shape index (κ1) is 20.4. The number of aryl methyl sites for hydroxylation is 1. The second kappa shape index (κ2) is 7.59. The standard InChI is InChI=1S/C25H31FN4O/c1-15-9-18(11-19(26)10-15)20-12-28-13-21(23(20)30-8-7-25(2,27)14-30)24(31)29-22(16-3-4-16)17-5-6-17/h9-13,16-17,22H,3-8,14,27H2,1-2H3,(H,29,31)/t25-/m0/s1. The van der Waals surface area contributed by atoms with Gasteiger partial charge in [0, 0.05) is 42.6 Å². The highest BCUT2D eigenvalue weighted by Gasteiger charge is 2.43. The van der Waals surface area contributed by atoms with Gasteiger partial charge in [0.05, 0.1) is 11.3 Å². The minimum Gasteiger partial charge on any atom is -0.368 e. The van der Waals surface area contributed by atoms with E-state index in [0.717, 1.165) is 35.3 Å². The van der Waals surface area contributed by atoms with Crippen LogP contribution in [0.15, 0.2) is 30.6 Å². The Morgan fingerprint density at radius 2 is 1.94 bits per heavy atom. The quantitative estimate of drug-likeness (QED) is 0.737. The van der Waals surface area contributed by atoms with Gasteiger partial charge in [-0.05, 0) is 81.0 Å². The maximum absolute atomic E-state index is 14.2. The van der Waals surface area contributed by atoms with Crippen molar-refractivity contribution in [3.63, 3.8) is 0 Å². The van der Waals surface area contributed by atoms with Crippen molar-refractivity contribution < 1.29 is 9.18 Å². The van der Waals surface area contributed by atoms with E-state index >= 15 is 0 Å². The van der Waals surface area contributed by atoms with Gasteiger partial charge >= 0.3 is 0 Å². The molecule has 164 valence electrons. The summed E-state index contributed by atoms with van der Waals surface area (Å²) in [5, 5.41) is 3.33. The average Bonchev–Trinajstić information content (AvgIpc) is 3.63. The molecule has 0 bridgehead atoms. The molecule has 1 amide bonds. The number of carbonyl (C=O) groups excluding carboxylic acids is 1. The average molecular weight is 423 g/mol. The fourth-order valence-corrected chi connectivity index (χ4v) is 5.00. The molecule has 6 heteroatoms. The first-order chi connectivity index (χ1) is 14.8. The Balaban J connectivity index is 1.56. The summed E-state index contributed by atoms with van der Waals surface area (Å²) in [6, 6.07) is 5.24. The maximum Gasteiger partial charge on any atom is 0.255 e. The lowest BCUT2D eigenvalue weighted by Gasteiger charge is -2.27. The van der Waals surface area contributed by atoms with Gasteiger partial charge in [-0.25, -0.2) is 4.39 Å². The lowest BCUT2D eigenvalue weighted by atomic mass is 9.99. The number of pyridine rings is 1. The minimum absolute atomic E-state index is 0.0769. The first-order valence-electron chi connectivity index (χ1n) is 11.4. The minimum atomic E-state index is -0.323. The molecule has 0 spiro atoms. The van der Waals surface area contributed by atoms with Crippen molar-refractivity contribution >= 4 is 11.6 Å². The summed E-state index contributed by atoms with van der Waals surface area (Å²) in [4.78, 5) is 20.1. The Morgan fingerprint density at radius 3 is 2.52 bits per heavy atom. The summed E-state index contributed by atoms with van der Waals surface area (Å²) >= 11 is 0. The van der Waals surface area contributed by atoms with Gasteiger partial charge in [0.15, 0.2) is 0 Å². The number of rotatable bonds is 6. The highest BCUT2D eigenvalue weighted by Crippen LogP contribution is 2.45. The predicted molar refractivity (Wildman–Crippen MR) is 120 cm³/mol. The molecule has 2 aromatic rings. The molecule has 5 rings (SSSR count). The van der Waals surface area contributed by atoms with Crippen molar-refractivity contribution in [2.75, 3.05) is 18.0 Å². The zero-order valence-corrected chi connectivity index (χ0v) is 18.3. The van der Waals surface area contributed by atoms with E-state index in [0.29, 0.717) is 23.9 Å². The van der Waals surface area contributed by atoms with Crippen LogP contribution in [-0.4, -0.2) is 35.6 Å². The summed E-state index contributed by atoms with van der Waals surface area (Å²) < 4.78 is 14.2. The van der Waals surface area contributed by atoms with Gasteiger partial charge in [0.25, 0.3) is 5.91 Å². The molecular weight excluding hydrogens is 391 g/mol. The third-order valence-corrected chi connectivity index (χ3v) is 6.89. The largest absolute Gasteiger partial charge is 0.368 e. The molecule has 31 heavy (non-hydrogen) atoms. The lowest BCUT2D eigenvalue weighted by Crippen LogP contribution is -2.41. The van der Waals surface area contributed by atoms with Crippen LogP contribution in [0.2, 0.25) is 0 Å². The van der Waals surface area contributed by atoms with E-state index in [1.807, 2.05) is 19.9 Å². The van der Waals surface area contributed by atoms with Crippen molar-refractivity contribution in [3.8, 4) is 11.1 Å². The number of hydrogen-bond acceptors (Lipinski definition) is 4. The van der Waals surface area contributed by atoms with Crippen LogP contribution in [0.1, 0.15) is 54.9 Å². The Hall–Kier alpha value is -2.47. The third kappa shape index (κ3) is 4.31. The topological polar surface area (TPSA) is 71.2 Å². The molecule has 2 saturated carbocycles. The van der Waals surface area contributed by atoms with Gasteiger partial charge in [-0.3, -0.25) is 9.78 Å². The summed E-state index contributed by atoms with van der Waals surface area (Å²) in [6.45, 7) is 5.32. The molecule has 3 N–H and O–H groups in total. The number of nitrogens with one attached hydrogen (secondary N) is 1. The highest BCUT2D eigenvalue weighted by atomic mass is 19.1. The van der Waals surface area contributed by atoms with E-state index in [4.69, 9.17) is 5.73 Å². The van der Waals surface area contributed by atoms with Crippen LogP contribution in [0.4, 0.5) is 10.1 Å². The van der Waals surface area contributed by atoms with Gasteiger partial charge in [0.2, 0.25) is 0 Å². The van der Waals surface area contributed by atoms with Crippen LogP contribution in [0.3, 0.4) is 0 Å². The number of anilines is 1. The van der Waals surface area contributed by atoms with Crippen molar-refractivity contribution in [2.45, 2.75) is 57.5 Å². The number of carbonyl (C=O) groups is 1.